The van der Waals surface area contributed by atoms with Crippen molar-refractivity contribution in [3.8, 4) is 0 Å². The zero-order chi connectivity index (χ0) is 20.2. The number of Topliss-reactive ketones (excluding diaryl/α,β-unsaturated/α-hetero) is 1. The largest absolute Gasteiger partial charge is 0.481 e. The van der Waals surface area contributed by atoms with E-state index in [1.165, 1.54) is 5.56 Å². The van der Waals surface area contributed by atoms with Crippen molar-refractivity contribution < 1.29 is 19.0 Å². The van der Waals surface area contributed by atoms with E-state index in [0.717, 1.165) is 22.5 Å². The molecule has 4 rings (SSSR count). The van der Waals surface area contributed by atoms with Crippen LogP contribution in [0.5, 0.6) is 0 Å². The summed E-state index contributed by atoms with van der Waals surface area (Å²) in [7, 11) is 1.61. The number of ether oxygens (including phenoxy) is 3. The Balaban J connectivity index is 1.47. The molecule has 0 saturated carbocycles. The number of carbonyl (C=O) groups excluding carboxylic acids is 1. The number of hydrogen-bond acceptors (Lipinski definition) is 6. The molecule has 29 heavy (non-hydrogen) atoms. The van der Waals surface area contributed by atoms with Crippen molar-refractivity contribution in [2.24, 2.45) is 4.99 Å². The van der Waals surface area contributed by atoms with Gasteiger partial charge in [-0.3, -0.25) is 9.78 Å². The number of rotatable bonds is 8. The summed E-state index contributed by atoms with van der Waals surface area (Å²) in [6.07, 6.45) is 0.911. The average molecular weight is 394 g/mol. The fourth-order valence-electron chi connectivity index (χ4n) is 3.73. The molecule has 152 valence electrons. The monoisotopic (exact) mass is 394 g/mol. The second-order valence-corrected chi connectivity index (χ2v) is 7.62. The van der Waals surface area contributed by atoms with Crippen molar-refractivity contribution in [1.29, 1.82) is 0 Å². The van der Waals surface area contributed by atoms with Crippen LogP contribution in [-0.4, -0.2) is 43.1 Å². The quantitative estimate of drug-likeness (QED) is 0.688. The normalized spacial score (nSPS) is 16.7. The summed E-state index contributed by atoms with van der Waals surface area (Å²) in [6.45, 7) is 4.22. The SMILES string of the molecule is COC1=NCc2cc(CC(=O)C[C@H](C)c3ccccc3)nc(COC3COC3)c21. The van der Waals surface area contributed by atoms with Crippen LogP contribution >= 0.6 is 0 Å². The van der Waals surface area contributed by atoms with Crippen LogP contribution in [0.25, 0.3) is 0 Å². The van der Waals surface area contributed by atoms with Gasteiger partial charge in [0, 0.05) is 18.5 Å². The minimum atomic E-state index is 0.105. The Labute approximate surface area is 170 Å². The maximum absolute atomic E-state index is 12.7. The number of benzene rings is 1. The van der Waals surface area contributed by atoms with Crippen LogP contribution in [-0.2, 0) is 38.6 Å². The zero-order valence-corrected chi connectivity index (χ0v) is 16.9. The van der Waals surface area contributed by atoms with Crippen LogP contribution in [0.1, 0.15) is 47.3 Å². The van der Waals surface area contributed by atoms with Gasteiger partial charge < -0.3 is 14.2 Å². The number of fused-ring (bicyclic) bond motifs is 1. The van der Waals surface area contributed by atoms with Crippen LogP contribution < -0.4 is 0 Å². The molecule has 0 amide bonds. The number of ketones is 1. The van der Waals surface area contributed by atoms with Crippen molar-refractivity contribution in [2.45, 2.75) is 44.9 Å². The summed E-state index contributed by atoms with van der Waals surface area (Å²) in [5.74, 6) is 0.952. The maximum Gasteiger partial charge on any atom is 0.218 e. The Bertz CT molecular complexity index is 907. The van der Waals surface area contributed by atoms with Crippen LogP contribution in [0.3, 0.4) is 0 Å². The Kier molecular flexibility index (Phi) is 6.02. The predicted molar refractivity (Wildman–Crippen MR) is 109 cm³/mol. The second kappa shape index (κ2) is 8.84. The highest BCUT2D eigenvalue weighted by Gasteiger charge is 2.26. The first-order valence-electron chi connectivity index (χ1n) is 10.0. The molecule has 2 aliphatic heterocycles. The van der Waals surface area contributed by atoms with Gasteiger partial charge >= 0.3 is 0 Å². The molecule has 2 aromatic rings. The number of pyridine rings is 1. The number of nitrogens with zero attached hydrogens (tertiary/aromatic N) is 2. The highest BCUT2D eigenvalue weighted by Crippen LogP contribution is 2.26. The average Bonchev–Trinajstić information content (AvgIpc) is 3.10. The van der Waals surface area contributed by atoms with E-state index in [9.17, 15) is 4.79 Å². The summed E-state index contributed by atoms with van der Waals surface area (Å²) in [5, 5.41) is 0. The number of carbonyl (C=O) groups is 1. The highest BCUT2D eigenvalue weighted by molar-refractivity contribution is 5.98. The summed E-state index contributed by atoms with van der Waals surface area (Å²) in [6, 6.07) is 12.1. The first-order chi connectivity index (χ1) is 14.1. The van der Waals surface area contributed by atoms with Gasteiger partial charge in [-0.2, -0.15) is 0 Å². The predicted octanol–water partition coefficient (Wildman–Crippen LogP) is 3.21. The Hall–Kier alpha value is -2.57. The number of methoxy groups -OCH3 is 1. The van der Waals surface area contributed by atoms with Gasteiger partial charge in [0.05, 0.1) is 44.7 Å². The molecule has 3 heterocycles. The molecule has 6 nitrogen and oxygen atoms in total. The van der Waals surface area contributed by atoms with E-state index in [0.29, 0.717) is 45.1 Å². The van der Waals surface area contributed by atoms with E-state index in [1.54, 1.807) is 7.11 Å². The van der Waals surface area contributed by atoms with E-state index in [4.69, 9.17) is 19.2 Å². The molecule has 1 atom stereocenters. The standard InChI is InChI=1S/C23H26N2O4/c1-15(16-6-4-3-5-7-16)8-19(26)10-18-9-17-11-24-23(27-2)22(17)21(25-18)14-29-20-12-28-13-20/h3-7,9,15,20H,8,10-14H2,1-2H3/t15-/m0/s1. The number of aliphatic imine (C=N–C) groups is 1. The minimum absolute atomic E-state index is 0.105. The van der Waals surface area contributed by atoms with Crippen LogP contribution in [0.4, 0.5) is 0 Å². The summed E-state index contributed by atoms with van der Waals surface area (Å²) in [5.41, 5.74) is 4.68. The van der Waals surface area contributed by atoms with Crippen molar-refractivity contribution >= 4 is 11.7 Å². The smallest absolute Gasteiger partial charge is 0.218 e. The molecule has 2 aliphatic rings. The molecule has 6 heteroatoms. The number of hydrogen-bond donors (Lipinski definition) is 0. The molecule has 0 unspecified atom stereocenters. The fourth-order valence-corrected chi connectivity index (χ4v) is 3.73. The van der Waals surface area contributed by atoms with Gasteiger partial charge in [-0.05, 0) is 23.1 Å². The molecule has 0 bridgehead atoms. The molecule has 1 fully saturated rings. The minimum Gasteiger partial charge on any atom is -0.481 e. The first kappa shape index (κ1) is 19.7. The van der Waals surface area contributed by atoms with E-state index < -0.39 is 0 Å². The van der Waals surface area contributed by atoms with Gasteiger partial charge in [-0.1, -0.05) is 37.3 Å². The summed E-state index contributed by atoms with van der Waals surface area (Å²) >= 11 is 0. The first-order valence-corrected chi connectivity index (χ1v) is 10.0. The second-order valence-electron chi connectivity index (χ2n) is 7.62. The van der Waals surface area contributed by atoms with Gasteiger partial charge in [0.2, 0.25) is 5.90 Å². The Morgan fingerprint density at radius 2 is 2.07 bits per heavy atom. The lowest BCUT2D eigenvalue weighted by molar-refractivity contribution is -0.136. The van der Waals surface area contributed by atoms with Crippen molar-refractivity contribution in [3.63, 3.8) is 0 Å². The van der Waals surface area contributed by atoms with Gasteiger partial charge in [0.15, 0.2) is 0 Å². The molecule has 1 saturated heterocycles. The third kappa shape index (κ3) is 4.54. The number of aromatic nitrogens is 1. The third-order valence-corrected chi connectivity index (χ3v) is 5.37. The molecule has 0 radical (unpaired) electrons. The summed E-state index contributed by atoms with van der Waals surface area (Å²) < 4.78 is 16.5. The molecule has 0 aliphatic carbocycles. The van der Waals surface area contributed by atoms with E-state index in [1.807, 2.05) is 24.3 Å². The Morgan fingerprint density at radius 3 is 2.76 bits per heavy atom. The lowest BCUT2D eigenvalue weighted by Crippen LogP contribution is -2.36. The molecular formula is C23H26N2O4. The van der Waals surface area contributed by atoms with Crippen molar-refractivity contribution in [1.82, 2.24) is 4.98 Å². The van der Waals surface area contributed by atoms with Gasteiger partial charge in [0.25, 0.3) is 0 Å². The zero-order valence-electron chi connectivity index (χ0n) is 16.9. The fraction of sp³-hybridized carbons (Fsp3) is 0.435. The van der Waals surface area contributed by atoms with Gasteiger partial charge in [-0.25, -0.2) is 4.99 Å². The third-order valence-electron chi connectivity index (χ3n) is 5.37. The van der Waals surface area contributed by atoms with Gasteiger partial charge in [-0.15, -0.1) is 0 Å². The van der Waals surface area contributed by atoms with E-state index in [2.05, 4.69) is 24.0 Å². The molecular weight excluding hydrogens is 368 g/mol. The van der Waals surface area contributed by atoms with Crippen LogP contribution in [0.15, 0.2) is 41.4 Å². The topological polar surface area (TPSA) is 70.0 Å². The molecule has 1 aromatic heterocycles. The van der Waals surface area contributed by atoms with Crippen molar-refractivity contribution in [3.05, 3.63) is 64.5 Å². The van der Waals surface area contributed by atoms with Crippen LogP contribution in [0.2, 0.25) is 0 Å². The van der Waals surface area contributed by atoms with Gasteiger partial charge in [0.1, 0.15) is 11.9 Å². The molecule has 0 N–H and O–H groups in total. The van der Waals surface area contributed by atoms with Crippen LogP contribution in [0, 0.1) is 0 Å². The van der Waals surface area contributed by atoms with Crippen molar-refractivity contribution in [2.75, 3.05) is 20.3 Å². The summed E-state index contributed by atoms with van der Waals surface area (Å²) in [4.78, 5) is 21.9. The Morgan fingerprint density at radius 1 is 1.28 bits per heavy atom. The highest BCUT2D eigenvalue weighted by atomic mass is 16.6. The maximum atomic E-state index is 12.7. The molecule has 1 aromatic carbocycles. The van der Waals surface area contributed by atoms with E-state index >= 15 is 0 Å². The van der Waals surface area contributed by atoms with E-state index in [-0.39, 0.29) is 17.8 Å². The molecule has 0 spiro atoms. The lowest BCUT2D eigenvalue weighted by Gasteiger charge is -2.26. The lowest BCUT2D eigenvalue weighted by atomic mass is 9.94.